The van der Waals surface area contributed by atoms with Crippen LogP contribution in [-0.2, 0) is 9.47 Å². The van der Waals surface area contributed by atoms with Crippen LogP contribution in [0.25, 0.3) is 0 Å². The highest BCUT2D eigenvalue weighted by molar-refractivity contribution is 5.44. The molecule has 1 atom stereocenters. The second-order valence-electron chi connectivity index (χ2n) is 4.20. The number of pyridine rings is 1. The summed E-state index contributed by atoms with van der Waals surface area (Å²) >= 11 is 0. The van der Waals surface area contributed by atoms with Crippen LogP contribution in [0.2, 0.25) is 0 Å². The highest BCUT2D eigenvalue weighted by Crippen LogP contribution is 2.23. The number of aromatic nitrogens is 1. The summed E-state index contributed by atoms with van der Waals surface area (Å²) in [6, 6.07) is 5.84. The Bertz CT molecular complexity index is 365. The lowest BCUT2D eigenvalue weighted by Gasteiger charge is -2.26. The Hall–Kier alpha value is -1.33. The fourth-order valence-corrected chi connectivity index (χ4v) is 1.89. The van der Waals surface area contributed by atoms with Crippen LogP contribution in [0.1, 0.15) is 6.42 Å². The second-order valence-corrected chi connectivity index (χ2v) is 4.20. The van der Waals surface area contributed by atoms with Crippen LogP contribution in [0, 0.1) is 0 Å². The first-order chi connectivity index (χ1) is 8.28. The molecule has 0 spiro atoms. The molecule has 1 aliphatic heterocycles. The van der Waals surface area contributed by atoms with Crippen molar-refractivity contribution in [2.24, 2.45) is 0 Å². The molecular weight excluding hydrogens is 218 g/mol. The van der Waals surface area contributed by atoms with Crippen molar-refractivity contribution in [2.45, 2.75) is 12.0 Å². The highest BCUT2D eigenvalue weighted by atomic mass is 16.5. The Morgan fingerprint density at radius 3 is 2.94 bits per heavy atom. The molecule has 17 heavy (non-hydrogen) atoms. The summed E-state index contributed by atoms with van der Waals surface area (Å²) in [5.41, 5.74) is -0.211. The average molecular weight is 237 g/mol. The van der Waals surface area contributed by atoms with Crippen molar-refractivity contribution in [1.29, 1.82) is 0 Å². The van der Waals surface area contributed by atoms with Crippen LogP contribution in [0.15, 0.2) is 18.2 Å². The minimum absolute atomic E-state index is 0.211. The van der Waals surface area contributed by atoms with E-state index in [0.29, 0.717) is 13.2 Å². The predicted molar refractivity (Wildman–Crippen MR) is 67.4 cm³/mol. The molecule has 2 heterocycles. The lowest BCUT2D eigenvalue weighted by atomic mass is 10.0. The number of nitrogens with zero attached hydrogens (tertiary/aromatic N) is 1. The van der Waals surface area contributed by atoms with Gasteiger partial charge in [0, 0.05) is 33.7 Å². The van der Waals surface area contributed by atoms with E-state index in [-0.39, 0.29) is 5.60 Å². The summed E-state index contributed by atoms with van der Waals surface area (Å²) in [6.07, 6.45) is 0.919. The van der Waals surface area contributed by atoms with E-state index in [2.05, 4.69) is 15.6 Å². The van der Waals surface area contributed by atoms with Gasteiger partial charge in [-0.05, 0) is 12.1 Å². The molecule has 2 rings (SSSR count). The summed E-state index contributed by atoms with van der Waals surface area (Å²) in [7, 11) is 3.58. The number of rotatable bonds is 5. The summed E-state index contributed by atoms with van der Waals surface area (Å²) < 4.78 is 10.9. The van der Waals surface area contributed by atoms with Gasteiger partial charge < -0.3 is 20.1 Å². The molecule has 2 N–H and O–H groups in total. The van der Waals surface area contributed by atoms with E-state index in [1.165, 1.54) is 0 Å². The Balaban J connectivity index is 1.96. The minimum Gasteiger partial charge on any atom is -0.378 e. The van der Waals surface area contributed by atoms with Gasteiger partial charge in [0.25, 0.3) is 0 Å². The van der Waals surface area contributed by atoms with Crippen molar-refractivity contribution < 1.29 is 9.47 Å². The van der Waals surface area contributed by atoms with Gasteiger partial charge in [-0.1, -0.05) is 6.07 Å². The SMILES string of the molecule is CNc1cccc(NCC2(OC)CCOC2)n1. The molecule has 0 saturated carbocycles. The van der Waals surface area contributed by atoms with Gasteiger partial charge in [0.05, 0.1) is 6.61 Å². The summed E-state index contributed by atoms with van der Waals surface area (Å²) in [5.74, 6) is 1.70. The van der Waals surface area contributed by atoms with Crippen molar-refractivity contribution in [3.63, 3.8) is 0 Å². The van der Waals surface area contributed by atoms with Gasteiger partial charge in [-0.25, -0.2) is 4.98 Å². The fourth-order valence-electron chi connectivity index (χ4n) is 1.89. The van der Waals surface area contributed by atoms with Gasteiger partial charge in [-0.2, -0.15) is 0 Å². The molecular formula is C12H19N3O2. The van der Waals surface area contributed by atoms with Crippen LogP contribution < -0.4 is 10.6 Å². The second kappa shape index (κ2) is 5.33. The van der Waals surface area contributed by atoms with Gasteiger partial charge in [-0.15, -0.1) is 0 Å². The molecule has 1 aromatic heterocycles. The molecule has 0 aromatic carbocycles. The van der Waals surface area contributed by atoms with Crippen molar-refractivity contribution in [3.8, 4) is 0 Å². The Kier molecular flexibility index (Phi) is 3.81. The predicted octanol–water partition coefficient (Wildman–Crippen LogP) is 1.34. The van der Waals surface area contributed by atoms with E-state index in [0.717, 1.165) is 24.7 Å². The molecule has 0 aliphatic carbocycles. The van der Waals surface area contributed by atoms with E-state index in [1.54, 1.807) is 7.11 Å². The summed E-state index contributed by atoms with van der Waals surface area (Å²) in [4.78, 5) is 4.40. The third kappa shape index (κ3) is 2.87. The standard InChI is InChI=1S/C12H19N3O2/c1-13-10-4-3-5-11(15-10)14-8-12(16-2)6-7-17-9-12/h3-5H,6-9H2,1-2H3,(H2,13,14,15). The zero-order valence-corrected chi connectivity index (χ0v) is 10.3. The number of hydrogen-bond acceptors (Lipinski definition) is 5. The van der Waals surface area contributed by atoms with Crippen molar-refractivity contribution >= 4 is 11.6 Å². The van der Waals surface area contributed by atoms with E-state index in [4.69, 9.17) is 9.47 Å². The molecule has 0 radical (unpaired) electrons. The molecule has 94 valence electrons. The van der Waals surface area contributed by atoms with Gasteiger partial charge in [-0.3, -0.25) is 0 Å². The van der Waals surface area contributed by atoms with Crippen LogP contribution in [0.5, 0.6) is 0 Å². The van der Waals surface area contributed by atoms with Crippen LogP contribution in [0.4, 0.5) is 11.6 Å². The third-order valence-corrected chi connectivity index (χ3v) is 3.10. The lowest BCUT2D eigenvalue weighted by molar-refractivity contribution is -0.00625. The Morgan fingerprint density at radius 1 is 1.47 bits per heavy atom. The highest BCUT2D eigenvalue weighted by Gasteiger charge is 2.34. The van der Waals surface area contributed by atoms with Crippen LogP contribution in [-0.4, -0.2) is 44.5 Å². The zero-order valence-electron chi connectivity index (χ0n) is 10.3. The number of nitrogens with one attached hydrogen (secondary N) is 2. The van der Waals surface area contributed by atoms with Gasteiger partial charge in [0.15, 0.2) is 0 Å². The molecule has 1 saturated heterocycles. The maximum absolute atomic E-state index is 5.55. The number of ether oxygens (including phenoxy) is 2. The monoisotopic (exact) mass is 237 g/mol. The fraction of sp³-hybridized carbons (Fsp3) is 0.583. The van der Waals surface area contributed by atoms with Gasteiger partial charge in [0.2, 0.25) is 0 Å². The molecule has 1 fully saturated rings. The quantitative estimate of drug-likeness (QED) is 0.809. The van der Waals surface area contributed by atoms with E-state index in [1.807, 2.05) is 25.2 Å². The molecule has 1 unspecified atom stereocenters. The molecule has 0 amide bonds. The summed E-state index contributed by atoms with van der Waals surface area (Å²) in [5, 5.41) is 6.31. The van der Waals surface area contributed by atoms with Crippen LogP contribution in [0.3, 0.4) is 0 Å². The maximum Gasteiger partial charge on any atom is 0.128 e. The smallest absolute Gasteiger partial charge is 0.128 e. The molecule has 1 aliphatic rings. The van der Waals surface area contributed by atoms with Gasteiger partial charge >= 0.3 is 0 Å². The lowest BCUT2D eigenvalue weighted by Crippen LogP contribution is -2.39. The third-order valence-electron chi connectivity index (χ3n) is 3.10. The first-order valence-corrected chi connectivity index (χ1v) is 5.80. The number of hydrogen-bond donors (Lipinski definition) is 2. The first kappa shape index (κ1) is 12.1. The normalized spacial score (nSPS) is 23.6. The topological polar surface area (TPSA) is 55.4 Å². The van der Waals surface area contributed by atoms with E-state index in [9.17, 15) is 0 Å². The van der Waals surface area contributed by atoms with Crippen molar-refractivity contribution in [3.05, 3.63) is 18.2 Å². The molecule has 5 nitrogen and oxygen atoms in total. The Morgan fingerprint density at radius 2 is 2.29 bits per heavy atom. The number of methoxy groups -OCH3 is 1. The maximum atomic E-state index is 5.55. The van der Waals surface area contributed by atoms with E-state index < -0.39 is 0 Å². The van der Waals surface area contributed by atoms with Crippen molar-refractivity contribution in [1.82, 2.24) is 4.98 Å². The molecule has 5 heteroatoms. The minimum atomic E-state index is -0.211. The molecule has 1 aromatic rings. The van der Waals surface area contributed by atoms with Crippen molar-refractivity contribution in [2.75, 3.05) is 44.5 Å². The largest absolute Gasteiger partial charge is 0.378 e. The van der Waals surface area contributed by atoms with E-state index >= 15 is 0 Å². The Labute approximate surface area is 102 Å². The van der Waals surface area contributed by atoms with Gasteiger partial charge in [0.1, 0.15) is 17.2 Å². The number of anilines is 2. The summed E-state index contributed by atoms with van der Waals surface area (Å²) in [6.45, 7) is 2.12. The average Bonchev–Trinajstić information content (AvgIpc) is 2.86. The zero-order chi connectivity index (χ0) is 12.1. The first-order valence-electron chi connectivity index (χ1n) is 5.80. The molecule has 0 bridgehead atoms. The van der Waals surface area contributed by atoms with Crippen LogP contribution >= 0.6 is 0 Å².